The van der Waals surface area contributed by atoms with Crippen LogP contribution in [-0.2, 0) is 0 Å². The molecule has 1 saturated carbocycles. The van der Waals surface area contributed by atoms with E-state index in [2.05, 4.69) is 0 Å². The van der Waals surface area contributed by atoms with Gasteiger partial charge in [0.1, 0.15) is 34.5 Å². The summed E-state index contributed by atoms with van der Waals surface area (Å²) in [7, 11) is 9.93. The molecule has 2 atom stereocenters. The number of hydrogen-bond acceptors (Lipinski definition) is 6. The molecule has 3 rings (SSSR count). The lowest BCUT2D eigenvalue weighted by Gasteiger charge is -2.40. The average molecular weight is 388 g/mol. The van der Waals surface area contributed by atoms with E-state index >= 15 is 0 Å². The molecule has 0 spiro atoms. The van der Waals surface area contributed by atoms with Gasteiger partial charge in [-0.25, -0.2) is 0 Å². The number of methoxy groups -OCH3 is 6. The quantitative estimate of drug-likeness (QED) is 0.668. The highest BCUT2D eigenvalue weighted by molar-refractivity contribution is 5.58. The lowest BCUT2D eigenvalue weighted by atomic mass is 9.66. The SMILES string of the molecule is COc1cc(OC)c([C@H]2CC[C@H]2c2c(OC)cc(OC)cc2OC)c(OC)c1. The predicted molar refractivity (Wildman–Crippen MR) is 107 cm³/mol. The summed E-state index contributed by atoms with van der Waals surface area (Å²) in [6.45, 7) is 0. The third kappa shape index (κ3) is 3.39. The van der Waals surface area contributed by atoms with Crippen LogP contribution < -0.4 is 28.4 Å². The van der Waals surface area contributed by atoms with E-state index in [4.69, 9.17) is 28.4 Å². The van der Waals surface area contributed by atoms with Crippen molar-refractivity contribution in [3.63, 3.8) is 0 Å². The van der Waals surface area contributed by atoms with Crippen molar-refractivity contribution in [1.82, 2.24) is 0 Å². The molecule has 0 radical (unpaired) electrons. The maximum Gasteiger partial charge on any atom is 0.129 e. The molecular formula is C22H28O6. The Labute approximate surface area is 166 Å². The Morgan fingerprint density at radius 3 is 0.964 bits per heavy atom. The second kappa shape index (κ2) is 8.50. The number of benzene rings is 2. The molecule has 0 saturated heterocycles. The number of hydrogen-bond donors (Lipinski definition) is 0. The van der Waals surface area contributed by atoms with Crippen molar-refractivity contribution in [2.75, 3.05) is 42.7 Å². The molecule has 2 aromatic carbocycles. The van der Waals surface area contributed by atoms with Gasteiger partial charge in [-0.3, -0.25) is 0 Å². The van der Waals surface area contributed by atoms with Gasteiger partial charge in [0.05, 0.1) is 42.7 Å². The van der Waals surface area contributed by atoms with Gasteiger partial charge in [-0.2, -0.15) is 0 Å². The van der Waals surface area contributed by atoms with E-state index in [-0.39, 0.29) is 11.8 Å². The minimum Gasteiger partial charge on any atom is -0.496 e. The number of rotatable bonds is 8. The van der Waals surface area contributed by atoms with Crippen molar-refractivity contribution in [3.8, 4) is 34.5 Å². The summed E-state index contributed by atoms with van der Waals surface area (Å²) in [4.78, 5) is 0. The van der Waals surface area contributed by atoms with Gasteiger partial charge >= 0.3 is 0 Å². The molecule has 0 bridgehead atoms. The third-order valence-corrected chi connectivity index (χ3v) is 5.52. The molecule has 0 aromatic heterocycles. The summed E-state index contributed by atoms with van der Waals surface area (Å²) >= 11 is 0. The van der Waals surface area contributed by atoms with Crippen LogP contribution in [0.5, 0.6) is 34.5 Å². The highest BCUT2D eigenvalue weighted by Crippen LogP contribution is 2.58. The topological polar surface area (TPSA) is 55.4 Å². The van der Waals surface area contributed by atoms with Gasteiger partial charge in [0.15, 0.2) is 0 Å². The van der Waals surface area contributed by atoms with E-state index in [1.165, 1.54) is 0 Å². The van der Waals surface area contributed by atoms with Gasteiger partial charge in [0.25, 0.3) is 0 Å². The summed E-state index contributed by atoms with van der Waals surface area (Å²) in [5, 5.41) is 0. The molecule has 1 aliphatic rings. The van der Waals surface area contributed by atoms with E-state index in [9.17, 15) is 0 Å². The molecule has 0 N–H and O–H groups in total. The predicted octanol–water partition coefficient (Wildman–Crippen LogP) is 4.40. The Kier molecular flexibility index (Phi) is 6.07. The monoisotopic (exact) mass is 388 g/mol. The van der Waals surface area contributed by atoms with E-state index in [1.54, 1.807) is 42.7 Å². The first-order valence-corrected chi connectivity index (χ1v) is 9.21. The highest BCUT2D eigenvalue weighted by Gasteiger charge is 2.40. The van der Waals surface area contributed by atoms with Crippen molar-refractivity contribution < 1.29 is 28.4 Å². The van der Waals surface area contributed by atoms with Crippen molar-refractivity contribution in [1.29, 1.82) is 0 Å². The van der Waals surface area contributed by atoms with Crippen LogP contribution in [0.3, 0.4) is 0 Å². The second-order valence-electron chi connectivity index (χ2n) is 6.68. The Morgan fingerprint density at radius 2 is 0.786 bits per heavy atom. The van der Waals surface area contributed by atoms with Crippen molar-refractivity contribution >= 4 is 0 Å². The first kappa shape index (κ1) is 20.0. The largest absolute Gasteiger partial charge is 0.496 e. The Bertz CT molecular complexity index is 712. The van der Waals surface area contributed by atoms with Crippen LogP contribution in [0.4, 0.5) is 0 Å². The molecule has 28 heavy (non-hydrogen) atoms. The standard InChI is InChI=1S/C22H28O6/c1-23-13-9-17(25-3)21(18(10-13)26-4)15-7-8-16(15)22-19(27-5)11-14(24-2)12-20(22)28-6/h9-12,15-16H,7-8H2,1-6H3/t15-,16+. The highest BCUT2D eigenvalue weighted by atomic mass is 16.5. The lowest BCUT2D eigenvalue weighted by molar-refractivity contribution is 0.289. The molecule has 1 fully saturated rings. The van der Waals surface area contributed by atoms with Gasteiger partial charge in [-0.05, 0) is 24.7 Å². The van der Waals surface area contributed by atoms with Crippen LogP contribution in [0, 0.1) is 0 Å². The van der Waals surface area contributed by atoms with E-state index in [1.807, 2.05) is 24.3 Å². The maximum atomic E-state index is 5.68. The zero-order chi connectivity index (χ0) is 20.3. The molecule has 0 amide bonds. The minimum atomic E-state index is 0.215. The smallest absolute Gasteiger partial charge is 0.129 e. The maximum absolute atomic E-state index is 5.68. The van der Waals surface area contributed by atoms with Crippen LogP contribution in [-0.4, -0.2) is 42.7 Å². The Hall–Kier alpha value is -2.76. The summed E-state index contributed by atoms with van der Waals surface area (Å²) in [6, 6.07) is 7.59. The lowest BCUT2D eigenvalue weighted by Crippen LogP contribution is -2.24. The van der Waals surface area contributed by atoms with Gasteiger partial charge in [0.2, 0.25) is 0 Å². The summed E-state index contributed by atoms with van der Waals surface area (Å²) in [5.41, 5.74) is 2.09. The first-order chi connectivity index (χ1) is 13.6. The normalized spacial score (nSPS) is 18.1. The molecule has 2 aromatic rings. The Balaban J connectivity index is 2.09. The molecule has 0 aliphatic heterocycles. The number of ether oxygens (including phenoxy) is 6. The van der Waals surface area contributed by atoms with Gasteiger partial charge in [-0.1, -0.05) is 0 Å². The van der Waals surface area contributed by atoms with E-state index in [0.29, 0.717) is 11.5 Å². The summed E-state index contributed by atoms with van der Waals surface area (Å²) in [6.07, 6.45) is 2.03. The molecule has 0 unspecified atom stereocenters. The molecule has 152 valence electrons. The fourth-order valence-corrected chi connectivity index (χ4v) is 3.99. The van der Waals surface area contributed by atoms with Crippen molar-refractivity contribution in [2.24, 2.45) is 0 Å². The second-order valence-corrected chi connectivity index (χ2v) is 6.68. The van der Waals surface area contributed by atoms with E-state index in [0.717, 1.165) is 47.0 Å². The molecule has 0 heterocycles. The van der Waals surface area contributed by atoms with Gasteiger partial charge < -0.3 is 28.4 Å². The van der Waals surface area contributed by atoms with Crippen molar-refractivity contribution in [2.45, 2.75) is 24.7 Å². The van der Waals surface area contributed by atoms with Gasteiger partial charge in [0, 0.05) is 35.4 Å². The van der Waals surface area contributed by atoms with Crippen LogP contribution in [0.15, 0.2) is 24.3 Å². The molecular weight excluding hydrogens is 360 g/mol. The molecule has 6 heteroatoms. The molecule has 1 aliphatic carbocycles. The fourth-order valence-electron chi connectivity index (χ4n) is 3.99. The van der Waals surface area contributed by atoms with Crippen LogP contribution in [0.2, 0.25) is 0 Å². The Morgan fingerprint density at radius 1 is 0.500 bits per heavy atom. The van der Waals surface area contributed by atoms with Crippen molar-refractivity contribution in [3.05, 3.63) is 35.4 Å². The van der Waals surface area contributed by atoms with Crippen LogP contribution >= 0.6 is 0 Å². The zero-order valence-electron chi connectivity index (χ0n) is 17.3. The third-order valence-electron chi connectivity index (χ3n) is 5.52. The summed E-state index contributed by atoms with van der Waals surface area (Å²) in [5.74, 6) is 4.88. The minimum absolute atomic E-state index is 0.215. The van der Waals surface area contributed by atoms with E-state index < -0.39 is 0 Å². The average Bonchev–Trinajstić information content (AvgIpc) is 2.72. The summed E-state index contributed by atoms with van der Waals surface area (Å²) < 4.78 is 33.5. The van der Waals surface area contributed by atoms with Crippen LogP contribution in [0.1, 0.15) is 35.8 Å². The van der Waals surface area contributed by atoms with Gasteiger partial charge in [-0.15, -0.1) is 0 Å². The van der Waals surface area contributed by atoms with Crippen LogP contribution in [0.25, 0.3) is 0 Å². The fraction of sp³-hybridized carbons (Fsp3) is 0.455. The first-order valence-electron chi connectivity index (χ1n) is 9.21. The molecule has 6 nitrogen and oxygen atoms in total. The zero-order valence-corrected chi connectivity index (χ0v) is 17.3.